The van der Waals surface area contributed by atoms with E-state index in [9.17, 15) is 4.79 Å². The molecule has 0 atom stereocenters. The number of carbonyl (C=O) groups is 1. The van der Waals surface area contributed by atoms with E-state index in [0.29, 0.717) is 5.56 Å². The Labute approximate surface area is 78.8 Å². The number of rotatable bonds is 5. The van der Waals surface area contributed by atoms with Crippen molar-refractivity contribution in [2.24, 2.45) is 0 Å². The number of unbranched alkanes of at least 4 members (excludes halogenated alkanes) is 2. The summed E-state index contributed by atoms with van der Waals surface area (Å²) in [5, 5.41) is 4.11. The number of ketones is 1. The first-order valence-electron chi connectivity index (χ1n) is 4.77. The van der Waals surface area contributed by atoms with E-state index in [-0.39, 0.29) is 5.78 Å². The van der Waals surface area contributed by atoms with Gasteiger partial charge in [-0.25, -0.2) is 0 Å². The Morgan fingerprint density at radius 1 is 1.54 bits per heavy atom. The molecule has 1 aromatic heterocycles. The molecule has 0 aliphatic rings. The molecule has 0 N–H and O–H groups in total. The van der Waals surface area contributed by atoms with Crippen molar-refractivity contribution in [3.05, 3.63) is 18.0 Å². The van der Waals surface area contributed by atoms with Gasteiger partial charge in [-0.3, -0.25) is 9.48 Å². The molecule has 72 valence electrons. The standard InChI is InChI=1S/C10H16N2O/c1-3-4-5-6-12-8-10(7-11-12)9(2)13/h7-8H,3-6H2,1-2H3. The van der Waals surface area contributed by atoms with Crippen molar-refractivity contribution >= 4 is 5.78 Å². The zero-order chi connectivity index (χ0) is 9.68. The first kappa shape index (κ1) is 9.96. The average Bonchev–Trinajstić information content (AvgIpc) is 2.53. The van der Waals surface area contributed by atoms with Gasteiger partial charge in [-0.05, 0) is 13.3 Å². The predicted octanol–water partition coefficient (Wildman–Crippen LogP) is 2.28. The number of hydrogen-bond donors (Lipinski definition) is 0. The first-order valence-corrected chi connectivity index (χ1v) is 4.77. The number of nitrogens with zero attached hydrogens (tertiary/aromatic N) is 2. The van der Waals surface area contributed by atoms with Crippen LogP contribution < -0.4 is 0 Å². The highest BCUT2D eigenvalue weighted by Crippen LogP contribution is 2.01. The highest BCUT2D eigenvalue weighted by Gasteiger charge is 2.01. The molecule has 0 aromatic carbocycles. The van der Waals surface area contributed by atoms with E-state index in [1.807, 2.05) is 10.9 Å². The van der Waals surface area contributed by atoms with Crippen molar-refractivity contribution < 1.29 is 4.79 Å². The molecule has 0 unspecified atom stereocenters. The van der Waals surface area contributed by atoms with E-state index < -0.39 is 0 Å². The van der Waals surface area contributed by atoms with E-state index >= 15 is 0 Å². The van der Waals surface area contributed by atoms with Crippen molar-refractivity contribution in [1.82, 2.24) is 9.78 Å². The zero-order valence-corrected chi connectivity index (χ0v) is 8.29. The lowest BCUT2D eigenvalue weighted by Crippen LogP contribution is -1.98. The second-order valence-electron chi connectivity index (χ2n) is 3.26. The second-order valence-corrected chi connectivity index (χ2v) is 3.26. The van der Waals surface area contributed by atoms with Gasteiger partial charge in [0.1, 0.15) is 0 Å². The van der Waals surface area contributed by atoms with Gasteiger partial charge in [-0.2, -0.15) is 5.10 Å². The molecule has 0 saturated heterocycles. The topological polar surface area (TPSA) is 34.9 Å². The maximum atomic E-state index is 10.9. The van der Waals surface area contributed by atoms with Crippen LogP contribution >= 0.6 is 0 Å². The molecule has 0 aliphatic heterocycles. The van der Waals surface area contributed by atoms with E-state index in [4.69, 9.17) is 0 Å². The number of aryl methyl sites for hydroxylation is 1. The van der Waals surface area contributed by atoms with E-state index in [1.54, 1.807) is 13.1 Å². The molecular weight excluding hydrogens is 164 g/mol. The third-order valence-electron chi connectivity index (χ3n) is 2.03. The van der Waals surface area contributed by atoms with Crippen LogP contribution in [0.25, 0.3) is 0 Å². The zero-order valence-electron chi connectivity index (χ0n) is 8.29. The van der Waals surface area contributed by atoms with Gasteiger partial charge in [0.2, 0.25) is 0 Å². The molecule has 0 spiro atoms. The smallest absolute Gasteiger partial charge is 0.162 e. The summed E-state index contributed by atoms with van der Waals surface area (Å²) in [6.45, 7) is 4.65. The monoisotopic (exact) mass is 180 g/mol. The van der Waals surface area contributed by atoms with Gasteiger partial charge in [-0.15, -0.1) is 0 Å². The van der Waals surface area contributed by atoms with Crippen LogP contribution in [0.2, 0.25) is 0 Å². The highest BCUT2D eigenvalue weighted by atomic mass is 16.1. The Morgan fingerprint density at radius 3 is 2.85 bits per heavy atom. The Bertz CT molecular complexity index is 278. The van der Waals surface area contributed by atoms with Crippen LogP contribution in [0.3, 0.4) is 0 Å². The number of aromatic nitrogens is 2. The Hall–Kier alpha value is -1.12. The molecule has 1 rings (SSSR count). The van der Waals surface area contributed by atoms with Crippen LogP contribution in [-0.4, -0.2) is 15.6 Å². The van der Waals surface area contributed by atoms with E-state index in [0.717, 1.165) is 13.0 Å². The van der Waals surface area contributed by atoms with Crippen LogP contribution in [0.4, 0.5) is 0 Å². The molecule has 0 amide bonds. The molecule has 3 nitrogen and oxygen atoms in total. The Morgan fingerprint density at radius 2 is 2.31 bits per heavy atom. The van der Waals surface area contributed by atoms with Gasteiger partial charge in [0.25, 0.3) is 0 Å². The lowest BCUT2D eigenvalue weighted by molar-refractivity contribution is 0.101. The van der Waals surface area contributed by atoms with Crippen molar-refractivity contribution in [2.75, 3.05) is 0 Å². The normalized spacial score (nSPS) is 10.3. The largest absolute Gasteiger partial charge is 0.294 e. The Kier molecular flexibility index (Phi) is 3.68. The summed E-state index contributed by atoms with van der Waals surface area (Å²) in [5.41, 5.74) is 0.705. The lowest BCUT2D eigenvalue weighted by atomic mass is 10.2. The number of hydrogen-bond acceptors (Lipinski definition) is 2. The average molecular weight is 180 g/mol. The second kappa shape index (κ2) is 4.80. The predicted molar refractivity (Wildman–Crippen MR) is 51.8 cm³/mol. The molecule has 1 aromatic rings. The Balaban J connectivity index is 2.44. The van der Waals surface area contributed by atoms with Crippen molar-refractivity contribution in [2.45, 2.75) is 39.7 Å². The summed E-state index contributed by atoms with van der Waals surface area (Å²) >= 11 is 0. The number of carbonyl (C=O) groups excluding carboxylic acids is 1. The fourth-order valence-corrected chi connectivity index (χ4v) is 1.19. The maximum absolute atomic E-state index is 10.9. The quantitative estimate of drug-likeness (QED) is 0.514. The van der Waals surface area contributed by atoms with Crippen molar-refractivity contribution in [3.63, 3.8) is 0 Å². The van der Waals surface area contributed by atoms with Crippen LogP contribution in [0.15, 0.2) is 12.4 Å². The van der Waals surface area contributed by atoms with Crippen molar-refractivity contribution in [1.29, 1.82) is 0 Å². The fraction of sp³-hybridized carbons (Fsp3) is 0.600. The summed E-state index contributed by atoms with van der Waals surface area (Å²) in [6.07, 6.45) is 7.01. The van der Waals surface area contributed by atoms with Gasteiger partial charge in [0.15, 0.2) is 5.78 Å². The van der Waals surface area contributed by atoms with Crippen molar-refractivity contribution in [3.8, 4) is 0 Å². The minimum atomic E-state index is 0.0849. The third kappa shape index (κ3) is 3.01. The summed E-state index contributed by atoms with van der Waals surface area (Å²) in [4.78, 5) is 10.9. The molecule has 1 heterocycles. The molecule has 0 aliphatic carbocycles. The molecule has 0 fully saturated rings. The summed E-state index contributed by atoms with van der Waals surface area (Å²) < 4.78 is 1.84. The van der Waals surface area contributed by atoms with E-state index in [1.165, 1.54) is 12.8 Å². The van der Waals surface area contributed by atoms with E-state index in [2.05, 4.69) is 12.0 Å². The SMILES string of the molecule is CCCCCn1cc(C(C)=O)cn1. The lowest BCUT2D eigenvalue weighted by Gasteiger charge is -1.98. The molecule has 0 radical (unpaired) electrons. The van der Waals surface area contributed by atoms with Gasteiger partial charge < -0.3 is 0 Å². The number of Topliss-reactive ketones (excluding diaryl/α,β-unsaturated/α-hetero) is 1. The summed E-state index contributed by atoms with van der Waals surface area (Å²) in [5.74, 6) is 0.0849. The molecule has 13 heavy (non-hydrogen) atoms. The molecule has 3 heteroatoms. The van der Waals surface area contributed by atoms with Crippen LogP contribution in [0, 0.1) is 0 Å². The first-order chi connectivity index (χ1) is 6.24. The molecule has 0 bridgehead atoms. The summed E-state index contributed by atoms with van der Waals surface area (Å²) in [7, 11) is 0. The van der Waals surface area contributed by atoms with Gasteiger partial charge >= 0.3 is 0 Å². The highest BCUT2D eigenvalue weighted by molar-refractivity contribution is 5.93. The van der Waals surface area contributed by atoms with Crippen LogP contribution in [0.5, 0.6) is 0 Å². The van der Waals surface area contributed by atoms with Gasteiger partial charge in [0.05, 0.1) is 11.8 Å². The molecule has 0 saturated carbocycles. The minimum absolute atomic E-state index is 0.0849. The van der Waals surface area contributed by atoms with Crippen LogP contribution in [-0.2, 0) is 6.54 Å². The fourth-order valence-electron chi connectivity index (χ4n) is 1.19. The minimum Gasteiger partial charge on any atom is -0.294 e. The maximum Gasteiger partial charge on any atom is 0.162 e. The van der Waals surface area contributed by atoms with Gasteiger partial charge in [-0.1, -0.05) is 19.8 Å². The summed E-state index contributed by atoms with van der Waals surface area (Å²) in [6, 6.07) is 0. The van der Waals surface area contributed by atoms with Gasteiger partial charge in [0, 0.05) is 12.7 Å². The van der Waals surface area contributed by atoms with Crippen LogP contribution in [0.1, 0.15) is 43.5 Å². The molecular formula is C10H16N2O. The third-order valence-corrected chi connectivity index (χ3v) is 2.03.